The predicted octanol–water partition coefficient (Wildman–Crippen LogP) is 1.66. The van der Waals surface area contributed by atoms with E-state index >= 15 is 0 Å². The highest BCUT2D eigenvalue weighted by Crippen LogP contribution is 2.25. The van der Waals surface area contributed by atoms with Gasteiger partial charge in [-0.05, 0) is 40.5 Å². The maximum absolute atomic E-state index is 11.9. The van der Waals surface area contributed by atoms with Crippen LogP contribution in [-0.2, 0) is 14.9 Å². The third kappa shape index (κ3) is 3.84. The number of carbonyl (C=O) groups excluding carboxylic acids is 1. The summed E-state index contributed by atoms with van der Waals surface area (Å²) in [5, 5.41) is -0.993. The Kier molecular flexibility index (Phi) is 4.27. The molecule has 1 aliphatic rings. The molecule has 1 rings (SSSR count). The highest BCUT2D eigenvalue weighted by atomic mass is 32.2. The first-order chi connectivity index (χ1) is 8.02. The fraction of sp³-hybridized carbons (Fsp3) is 0.909. The van der Waals surface area contributed by atoms with Gasteiger partial charge in [-0.1, -0.05) is 0 Å². The van der Waals surface area contributed by atoms with Crippen molar-refractivity contribution in [2.45, 2.75) is 57.4 Å². The van der Waals surface area contributed by atoms with E-state index in [-0.39, 0.29) is 0 Å². The molecule has 106 valence electrons. The molecule has 1 fully saturated rings. The minimum absolute atomic E-state index is 0.458. The zero-order chi connectivity index (χ0) is 14.1. The van der Waals surface area contributed by atoms with Gasteiger partial charge in [0.2, 0.25) is 0 Å². The lowest BCUT2D eigenvalue weighted by Crippen LogP contribution is -2.46. The Hall–Kier alpha value is -0.820. The molecule has 1 heterocycles. The Morgan fingerprint density at radius 2 is 2.00 bits per heavy atom. The van der Waals surface area contributed by atoms with Crippen LogP contribution in [-0.4, -0.2) is 47.4 Å². The smallest absolute Gasteiger partial charge is 0.410 e. The van der Waals surface area contributed by atoms with Crippen molar-refractivity contribution in [3.8, 4) is 0 Å². The van der Waals surface area contributed by atoms with Gasteiger partial charge in [0.15, 0.2) is 0 Å². The van der Waals surface area contributed by atoms with E-state index in [9.17, 15) is 13.2 Å². The maximum Gasteiger partial charge on any atom is 0.410 e. The van der Waals surface area contributed by atoms with Crippen LogP contribution in [0.4, 0.5) is 4.79 Å². The Bertz CT molecular complexity index is 412. The fourth-order valence-corrected chi connectivity index (χ4v) is 2.71. The van der Waals surface area contributed by atoms with E-state index in [0.29, 0.717) is 19.4 Å². The molecule has 1 unspecified atom stereocenters. The summed E-state index contributed by atoms with van der Waals surface area (Å²) in [6.45, 7) is 7.12. The first-order valence-electron chi connectivity index (χ1n) is 5.98. The maximum atomic E-state index is 11.9. The largest absolute Gasteiger partial charge is 0.444 e. The van der Waals surface area contributed by atoms with E-state index < -0.39 is 33.1 Å². The van der Waals surface area contributed by atoms with Crippen molar-refractivity contribution >= 4 is 16.2 Å². The van der Waals surface area contributed by atoms with Gasteiger partial charge in [-0.3, -0.25) is 4.55 Å². The summed E-state index contributed by atoms with van der Waals surface area (Å²) < 4.78 is 36.6. The Labute approximate surface area is 108 Å². The topological polar surface area (TPSA) is 83.9 Å². The molecule has 1 amide bonds. The summed E-state index contributed by atoms with van der Waals surface area (Å²) >= 11 is 0. The van der Waals surface area contributed by atoms with Crippen LogP contribution in [0.1, 0.15) is 40.5 Å². The molecule has 1 N–H and O–H groups in total. The molecular weight excluding hydrogens is 258 g/mol. The van der Waals surface area contributed by atoms with Crippen molar-refractivity contribution in [3.05, 3.63) is 0 Å². The van der Waals surface area contributed by atoms with Crippen LogP contribution in [0.5, 0.6) is 0 Å². The van der Waals surface area contributed by atoms with E-state index in [1.165, 1.54) is 11.8 Å². The molecule has 0 spiro atoms. The van der Waals surface area contributed by atoms with Crippen molar-refractivity contribution in [3.63, 3.8) is 0 Å². The molecular formula is C11H21NO5S. The minimum atomic E-state index is -4.15. The number of nitrogens with zero attached hydrogens (tertiary/aromatic N) is 1. The van der Waals surface area contributed by atoms with E-state index in [1.54, 1.807) is 20.8 Å². The van der Waals surface area contributed by atoms with Crippen molar-refractivity contribution in [2.75, 3.05) is 6.54 Å². The molecule has 0 aromatic rings. The predicted molar refractivity (Wildman–Crippen MR) is 67.0 cm³/mol. The van der Waals surface area contributed by atoms with Gasteiger partial charge in [0.05, 0.1) is 6.04 Å². The SMILES string of the molecule is C[C@@H](C1CCCN1C(=O)OC(C)(C)C)S(=O)(=O)O. The number of hydrogen-bond acceptors (Lipinski definition) is 4. The average molecular weight is 279 g/mol. The quantitative estimate of drug-likeness (QED) is 0.777. The van der Waals surface area contributed by atoms with Crippen LogP contribution in [0.2, 0.25) is 0 Å². The molecule has 18 heavy (non-hydrogen) atoms. The summed E-state index contributed by atoms with van der Waals surface area (Å²) in [6, 6.07) is -0.519. The Morgan fingerprint density at radius 3 is 2.44 bits per heavy atom. The monoisotopic (exact) mass is 279 g/mol. The molecule has 2 atom stereocenters. The van der Waals surface area contributed by atoms with E-state index in [1.807, 2.05) is 0 Å². The van der Waals surface area contributed by atoms with Gasteiger partial charge in [0.1, 0.15) is 10.9 Å². The molecule has 0 aromatic carbocycles. The summed E-state index contributed by atoms with van der Waals surface area (Å²) in [5.74, 6) is 0. The van der Waals surface area contributed by atoms with E-state index in [2.05, 4.69) is 0 Å². The summed E-state index contributed by atoms with van der Waals surface area (Å²) in [7, 11) is -4.15. The van der Waals surface area contributed by atoms with Gasteiger partial charge in [-0.15, -0.1) is 0 Å². The highest BCUT2D eigenvalue weighted by Gasteiger charge is 2.39. The summed E-state index contributed by atoms with van der Waals surface area (Å²) in [6.07, 6.45) is 0.741. The van der Waals surface area contributed by atoms with Crippen LogP contribution < -0.4 is 0 Å². The van der Waals surface area contributed by atoms with Gasteiger partial charge in [0.25, 0.3) is 10.1 Å². The van der Waals surface area contributed by atoms with Gasteiger partial charge in [-0.25, -0.2) is 4.79 Å². The van der Waals surface area contributed by atoms with Crippen molar-refractivity contribution in [2.24, 2.45) is 0 Å². The minimum Gasteiger partial charge on any atom is -0.444 e. The number of carbonyl (C=O) groups is 1. The molecule has 0 aliphatic carbocycles. The number of likely N-dealkylation sites (tertiary alicyclic amines) is 1. The highest BCUT2D eigenvalue weighted by molar-refractivity contribution is 7.86. The molecule has 1 aliphatic heterocycles. The van der Waals surface area contributed by atoms with Crippen LogP contribution in [0, 0.1) is 0 Å². The molecule has 0 radical (unpaired) electrons. The van der Waals surface area contributed by atoms with Crippen LogP contribution in [0.3, 0.4) is 0 Å². The lowest BCUT2D eigenvalue weighted by molar-refractivity contribution is 0.0225. The lowest BCUT2D eigenvalue weighted by Gasteiger charge is -2.30. The normalized spacial score (nSPS) is 22.9. The van der Waals surface area contributed by atoms with Gasteiger partial charge in [-0.2, -0.15) is 8.42 Å². The first kappa shape index (κ1) is 15.2. The number of amides is 1. The average Bonchev–Trinajstić information content (AvgIpc) is 2.60. The Morgan fingerprint density at radius 1 is 1.44 bits per heavy atom. The fourth-order valence-electron chi connectivity index (χ4n) is 2.03. The summed E-state index contributed by atoms with van der Waals surface area (Å²) in [5.41, 5.74) is -0.619. The van der Waals surface area contributed by atoms with Crippen molar-refractivity contribution in [1.82, 2.24) is 4.90 Å². The van der Waals surface area contributed by atoms with Gasteiger partial charge < -0.3 is 9.64 Å². The van der Waals surface area contributed by atoms with E-state index in [4.69, 9.17) is 9.29 Å². The molecule has 6 nitrogen and oxygen atoms in total. The second-order valence-corrected chi connectivity index (χ2v) is 7.38. The van der Waals surface area contributed by atoms with Crippen LogP contribution in [0.15, 0.2) is 0 Å². The molecule has 1 saturated heterocycles. The first-order valence-corrected chi connectivity index (χ1v) is 7.48. The standard InChI is InChI=1S/C11H21NO5S/c1-8(18(14,15)16)9-6-5-7-12(9)10(13)17-11(2,3)4/h8-9H,5-7H2,1-4H3,(H,14,15,16)/t8-,9?/m0/s1. The third-order valence-electron chi connectivity index (χ3n) is 2.94. The number of ether oxygens (including phenoxy) is 1. The van der Waals surface area contributed by atoms with Gasteiger partial charge >= 0.3 is 6.09 Å². The molecule has 7 heteroatoms. The Balaban J connectivity index is 2.80. The summed E-state index contributed by atoms with van der Waals surface area (Å²) in [4.78, 5) is 13.3. The number of rotatable bonds is 2. The molecule has 0 aromatic heterocycles. The van der Waals surface area contributed by atoms with Crippen molar-refractivity contribution < 1.29 is 22.5 Å². The zero-order valence-electron chi connectivity index (χ0n) is 11.2. The zero-order valence-corrected chi connectivity index (χ0v) is 12.0. The third-order valence-corrected chi connectivity index (χ3v) is 4.19. The van der Waals surface area contributed by atoms with Crippen LogP contribution in [0.25, 0.3) is 0 Å². The lowest BCUT2D eigenvalue weighted by atomic mass is 10.1. The second-order valence-electron chi connectivity index (χ2n) is 5.60. The molecule has 0 bridgehead atoms. The second kappa shape index (κ2) is 5.05. The van der Waals surface area contributed by atoms with Crippen LogP contribution >= 0.6 is 0 Å². The van der Waals surface area contributed by atoms with Gasteiger partial charge in [0, 0.05) is 6.54 Å². The number of hydrogen-bond donors (Lipinski definition) is 1. The molecule has 0 saturated carbocycles. The van der Waals surface area contributed by atoms with Crippen molar-refractivity contribution in [1.29, 1.82) is 0 Å². The van der Waals surface area contributed by atoms with E-state index in [0.717, 1.165) is 0 Å².